The van der Waals surface area contributed by atoms with Crippen LogP contribution in [0, 0.1) is 5.41 Å². The van der Waals surface area contributed by atoms with Crippen molar-refractivity contribution in [2.24, 2.45) is 5.41 Å². The summed E-state index contributed by atoms with van der Waals surface area (Å²) >= 11 is 6.65. The molecule has 0 aromatic heterocycles. The molecule has 0 spiro atoms. The number of phenolic OH excluding ortho intramolecular Hbond substituents is 1. The van der Waals surface area contributed by atoms with Crippen LogP contribution in [0.5, 0.6) is 5.75 Å². The van der Waals surface area contributed by atoms with Crippen LogP contribution in [0.3, 0.4) is 0 Å². The molecule has 0 heterocycles. The molecule has 0 radical (unpaired) electrons. The van der Waals surface area contributed by atoms with Gasteiger partial charge < -0.3 is 14.9 Å². The largest absolute Gasteiger partial charge is 0.506 e. The summed E-state index contributed by atoms with van der Waals surface area (Å²) in [5.74, 6) is -1.77. The number of nitrogens with one attached hydrogen (secondary N) is 1. The third-order valence-corrected chi connectivity index (χ3v) is 5.80. The summed E-state index contributed by atoms with van der Waals surface area (Å²) in [6.45, 7) is 3.65. The fourth-order valence-corrected chi connectivity index (χ4v) is 4.35. The Morgan fingerprint density at radius 2 is 1.81 bits per heavy atom. The van der Waals surface area contributed by atoms with E-state index < -0.39 is 29.5 Å². The molecule has 0 bridgehead atoms. The Balaban J connectivity index is 2.30. The van der Waals surface area contributed by atoms with Crippen molar-refractivity contribution in [2.45, 2.75) is 32.8 Å². The average molecular weight is 569 g/mol. The second-order valence-electron chi connectivity index (χ2n) is 7.70. The molecule has 0 unspecified atom stereocenters. The summed E-state index contributed by atoms with van der Waals surface area (Å²) < 4.78 is 6.70. The summed E-state index contributed by atoms with van der Waals surface area (Å²) in [6.07, 6.45) is 1.48. The number of carboxylic acid groups (broad SMARTS) is 1. The van der Waals surface area contributed by atoms with Gasteiger partial charge in [0.05, 0.1) is 4.47 Å². The van der Waals surface area contributed by atoms with Gasteiger partial charge in [0.15, 0.2) is 0 Å². The van der Waals surface area contributed by atoms with Gasteiger partial charge in [0, 0.05) is 27.1 Å². The Hall–Kier alpha value is -2.65. The van der Waals surface area contributed by atoms with Gasteiger partial charge in [0.2, 0.25) is 0 Å². The molecule has 2 rings (SSSR count). The predicted molar refractivity (Wildman–Crippen MR) is 126 cm³/mol. The molecular formula is C23H23Br2NO6. The highest BCUT2D eigenvalue weighted by molar-refractivity contribution is 9.11. The molecular weight excluding hydrogens is 546 g/mol. The van der Waals surface area contributed by atoms with Crippen LogP contribution in [0.15, 0.2) is 63.6 Å². The van der Waals surface area contributed by atoms with Gasteiger partial charge in [-0.1, -0.05) is 54.1 Å². The second-order valence-corrected chi connectivity index (χ2v) is 9.47. The number of halogens is 2. The van der Waals surface area contributed by atoms with Crippen LogP contribution >= 0.6 is 31.9 Å². The molecule has 0 fully saturated rings. The normalized spacial score (nSPS) is 12.4. The van der Waals surface area contributed by atoms with Crippen LogP contribution in [0.25, 0.3) is 0 Å². The summed E-state index contributed by atoms with van der Waals surface area (Å²) in [4.78, 5) is 35.7. The van der Waals surface area contributed by atoms with Gasteiger partial charge in [-0.05, 0) is 53.0 Å². The maximum absolute atomic E-state index is 12.6. The molecule has 170 valence electrons. The minimum Gasteiger partial charge on any atom is -0.506 e. The number of carbonyl (C=O) groups excluding carboxylic acids is 2. The maximum atomic E-state index is 12.6. The van der Waals surface area contributed by atoms with Crippen LogP contribution in [-0.4, -0.2) is 28.2 Å². The number of imide groups is 1. The smallest absolute Gasteiger partial charge is 0.414 e. The van der Waals surface area contributed by atoms with Crippen LogP contribution < -0.4 is 5.32 Å². The highest BCUT2D eigenvalue weighted by Crippen LogP contribution is 2.46. The van der Waals surface area contributed by atoms with E-state index in [9.17, 15) is 19.5 Å². The number of rotatable bonds is 8. The third kappa shape index (κ3) is 7.20. The first-order valence-electron chi connectivity index (χ1n) is 9.65. The molecule has 0 aliphatic heterocycles. The molecule has 9 heteroatoms. The number of amides is 2. The minimum atomic E-state index is -1.05. The van der Waals surface area contributed by atoms with E-state index in [1.54, 1.807) is 42.5 Å². The van der Waals surface area contributed by atoms with E-state index in [1.165, 1.54) is 6.08 Å². The van der Waals surface area contributed by atoms with Crippen LogP contribution in [0.1, 0.15) is 48.7 Å². The lowest BCUT2D eigenvalue weighted by Crippen LogP contribution is -2.35. The zero-order valence-corrected chi connectivity index (χ0v) is 20.6. The molecule has 3 N–H and O–H groups in total. The van der Waals surface area contributed by atoms with Crippen LogP contribution in [0.4, 0.5) is 4.79 Å². The zero-order chi connectivity index (χ0) is 23.9. The molecule has 7 nitrogen and oxygen atoms in total. The SMILES string of the molecule is CC(C)(CC/C=C/C(=O)O)[C@H](OC(=O)NC(=O)c1ccccc1)c1cc(Br)cc(Br)c1O. The third-order valence-electron chi connectivity index (χ3n) is 4.74. The van der Waals surface area contributed by atoms with E-state index in [0.29, 0.717) is 32.9 Å². The summed E-state index contributed by atoms with van der Waals surface area (Å²) in [6, 6.07) is 11.5. The van der Waals surface area contributed by atoms with Crippen LogP contribution in [0.2, 0.25) is 0 Å². The number of phenols is 1. The Labute approximate surface area is 202 Å². The molecule has 32 heavy (non-hydrogen) atoms. The fourth-order valence-electron chi connectivity index (χ4n) is 3.09. The van der Waals surface area contributed by atoms with Gasteiger partial charge in [-0.15, -0.1) is 0 Å². The average Bonchev–Trinajstić information content (AvgIpc) is 2.72. The number of aromatic hydroxyl groups is 1. The van der Waals surface area contributed by atoms with Gasteiger partial charge in [0.1, 0.15) is 11.9 Å². The Kier molecular flexibility index (Phi) is 9.03. The Morgan fingerprint density at radius 3 is 2.44 bits per heavy atom. The van der Waals surface area contributed by atoms with E-state index in [2.05, 4.69) is 37.2 Å². The second kappa shape index (κ2) is 11.3. The Morgan fingerprint density at radius 1 is 1.16 bits per heavy atom. The number of hydrogen-bond acceptors (Lipinski definition) is 5. The number of aliphatic carboxylic acids is 1. The minimum absolute atomic E-state index is 0.102. The molecule has 2 aromatic carbocycles. The van der Waals surface area contributed by atoms with Crippen molar-refractivity contribution in [3.63, 3.8) is 0 Å². The van der Waals surface area contributed by atoms with Crippen molar-refractivity contribution in [3.8, 4) is 5.75 Å². The van der Waals surface area contributed by atoms with Crippen molar-refractivity contribution in [3.05, 3.63) is 74.7 Å². The number of carboxylic acids is 1. The topological polar surface area (TPSA) is 113 Å². The highest BCUT2D eigenvalue weighted by atomic mass is 79.9. The molecule has 2 amide bonds. The number of carbonyl (C=O) groups is 3. The molecule has 0 aliphatic carbocycles. The Bertz CT molecular complexity index is 1020. The van der Waals surface area contributed by atoms with Gasteiger partial charge >= 0.3 is 12.1 Å². The monoisotopic (exact) mass is 567 g/mol. The van der Waals surface area contributed by atoms with Gasteiger partial charge in [0.25, 0.3) is 5.91 Å². The molecule has 0 saturated heterocycles. The first-order chi connectivity index (χ1) is 15.0. The number of alkyl carbamates (subject to hydrolysis) is 1. The van der Waals surface area contributed by atoms with Crippen LogP contribution in [-0.2, 0) is 9.53 Å². The van der Waals surface area contributed by atoms with Crippen molar-refractivity contribution in [1.82, 2.24) is 5.32 Å². The summed E-state index contributed by atoms with van der Waals surface area (Å²) in [5.41, 5.74) is -0.0962. The molecule has 2 aromatic rings. The van der Waals surface area contributed by atoms with Crippen molar-refractivity contribution >= 4 is 49.8 Å². The highest BCUT2D eigenvalue weighted by Gasteiger charge is 2.36. The lowest BCUT2D eigenvalue weighted by Gasteiger charge is -2.34. The van der Waals surface area contributed by atoms with Crippen molar-refractivity contribution in [2.75, 3.05) is 0 Å². The number of hydrogen-bond donors (Lipinski definition) is 3. The zero-order valence-electron chi connectivity index (χ0n) is 17.5. The van der Waals surface area contributed by atoms with E-state index in [0.717, 1.165) is 6.08 Å². The fraction of sp³-hybridized carbons (Fsp3) is 0.261. The quantitative estimate of drug-likeness (QED) is 0.338. The number of allylic oxidation sites excluding steroid dienone is 1. The first-order valence-corrected chi connectivity index (χ1v) is 11.2. The van der Waals surface area contributed by atoms with Gasteiger partial charge in [-0.2, -0.15) is 0 Å². The lowest BCUT2D eigenvalue weighted by atomic mass is 9.78. The lowest BCUT2D eigenvalue weighted by molar-refractivity contribution is -0.131. The standard InChI is InChI=1S/C23H23Br2NO6/c1-23(2,11-7-6-10-18(27)28)20(16-12-15(24)13-17(25)19(16)29)32-22(31)26-21(30)14-8-4-3-5-9-14/h3-6,8-10,12-13,20,29H,7,11H2,1-2H3,(H,27,28)(H,26,30,31)/b10-6+/t20-/m1/s1. The molecule has 1 atom stereocenters. The van der Waals surface area contributed by atoms with Gasteiger partial charge in [-0.25, -0.2) is 9.59 Å². The number of benzene rings is 2. The first kappa shape index (κ1) is 25.6. The van der Waals surface area contributed by atoms with E-state index in [-0.39, 0.29) is 5.75 Å². The van der Waals surface area contributed by atoms with Gasteiger partial charge in [-0.3, -0.25) is 10.1 Å². The summed E-state index contributed by atoms with van der Waals surface area (Å²) in [7, 11) is 0. The summed E-state index contributed by atoms with van der Waals surface area (Å²) in [5, 5.41) is 21.6. The van der Waals surface area contributed by atoms with E-state index >= 15 is 0 Å². The number of ether oxygens (including phenoxy) is 1. The van der Waals surface area contributed by atoms with Crippen molar-refractivity contribution in [1.29, 1.82) is 0 Å². The molecule has 0 aliphatic rings. The van der Waals surface area contributed by atoms with E-state index in [4.69, 9.17) is 9.84 Å². The maximum Gasteiger partial charge on any atom is 0.414 e. The molecule has 0 saturated carbocycles. The van der Waals surface area contributed by atoms with E-state index in [1.807, 2.05) is 13.8 Å². The predicted octanol–water partition coefficient (Wildman–Crippen LogP) is 5.97. The van der Waals surface area contributed by atoms with Crippen molar-refractivity contribution < 1.29 is 29.3 Å².